The molecule has 15 unspecified atom stereocenters. The van der Waals surface area contributed by atoms with Crippen molar-refractivity contribution < 1.29 is 40.5 Å². The van der Waals surface area contributed by atoms with Gasteiger partial charge in [0.25, 0.3) is 0 Å². The zero-order chi connectivity index (χ0) is 29.9. The summed E-state index contributed by atoms with van der Waals surface area (Å²) in [5.41, 5.74) is 0.0141. The SMILES string of the molecule is CC1C(I)C[C@H]2CC3CC4[C@H]5COC(O)C(C)(C(C)CCS)C[C@H](C6C(I)C(I)C7OCOC7[C@@H]65)[C@@]4(C)C([I-]3)C2C1C. The van der Waals surface area contributed by atoms with Crippen LogP contribution in [0.1, 0.15) is 66.7 Å². The van der Waals surface area contributed by atoms with Gasteiger partial charge in [0.2, 0.25) is 0 Å². The van der Waals surface area contributed by atoms with Crippen molar-refractivity contribution in [3.8, 4) is 0 Å². The fraction of sp³-hybridized carbons (Fsp3) is 1.00. The van der Waals surface area contributed by atoms with Crippen molar-refractivity contribution in [3.63, 3.8) is 0 Å². The summed E-state index contributed by atoms with van der Waals surface area (Å²) >= 11 is 13.2. The molecule has 9 heteroatoms. The molecular formula is C33H51I4O4S-. The maximum atomic E-state index is 12.0. The van der Waals surface area contributed by atoms with Gasteiger partial charge in [0.1, 0.15) is 0 Å². The first-order chi connectivity index (χ1) is 19.9. The number of halogens is 4. The molecule has 0 spiro atoms. The van der Waals surface area contributed by atoms with E-state index >= 15 is 0 Å². The first-order valence-corrected chi connectivity index (χ1v) is 23.5. The van der Waals surface area contributed by atoms with Gasteiger partial charge in [0.05, 0.1) is 0 Å². The second kappa shape index (κ2) is 12.5. The Morgan fingerprint density at radius 1 is 0.929 bits per heavy atom. The van der Waals surface area contributed by atoms with Gasteiger partial charge < -0.3 is 0 Å². The Hall–Kier alpha value is 3.11. The van der Waals surface area contributed by atoms with Crippen LogP contribution >= 0.6 is 80.4 Å². The number of rotatable bonds is 3. The van der Waals surface area contributed by atoms with Crippen LogP contribution in [-0.4, -0.2) is 62.4 Å². The zero-order valence-electron chi connectivity index (χ0n) is 25.7. The van der Waals surface area contributed by atoms with Gasteiger partial charge in [-0.05, 0) is 0 Å². The Morgan fingerprint density at radius 3 is 2.40 bits per heavy atom. The van der Waals surface area contributed by atoms with Crippen molar-refractivity contribution in [1.82, 2.24) is 0 Å². The van der Waals surface area contributed by atoms with Gasteiger partial charge in [-0.3, -0.25) is 0 Å². The van der Waals surface area contributed by atoms with Crippen molar-refractivity contribution in [2.75, 3.05) is 19.2 Å². The summed E-state index contributed by atoms with van der Waals surface area (Å²) in [4.78, 5) is 0. The molecule has 0 aromatic heterocycles. The van der Waals surface area contributed by atoms with Crippen molar-refractivity contribution in [3.05, 3.63) is 0 Å². The Morgan fingerprint density at radius 2 is 1.67 bits per heavy atom. The first-order valence-electron chi connectivity index (χ1n) is 16.6. The molecule has 42 heavy (non-hydrogen) atoms. The molecule has 3 aliphatic carbocycles. The summed E-state index contributed by atoms with van der Waals surface area (Å²) in [6.07, 6.45) is 6.01. The molecule has 4 aliphatic heterocycles. The minimum atomic E-state index is -0.726. The average Bonchev–Trinajstić information content (AvgIpc) is 3.46. The molecule has 7 rings (SSSR count). The predicted octanol–water partition coefficient (Wildman–Crippen LogP) is 4.50. The fourth-order valence-corrected chi connectivity index (χ4v) is 22.3. The molecule has 1 N–H and O–H groups in total. The van der Waals surface area contributed by atoms with Crippen LogP contribution in [0.3, 0.4) is 0 Å². The third kappa shape index (κ3) is 4.96. The van der Waals surface area contributed by atoms with Crippen molar-refractivity contribution >= 4 is 80.4 Å². The summed E-state index contributed by atoms with van der Waals surface area (Å²) in [5.74, 6) is 7.30. The van der Waals surface area contributed by atoms with Crippen molar-refractivity contribution in [2.45, 2.75) is 105 Å². The molecule has 0 amide bonds. The molecule has 7 fully saturated rings. The Labute approximate surface area is 311 Å². The number of aliphatic hydroxyl groups excluding tert-OH is 1. The van der Waals surface area contributed by atoms with Gasteiger partial charge in [-0.1, -0.05) is 0 Å². The van der Waals surface area contributed by atoms with Crippen LogP contribution in [0.2, 0.25) is 0 Å². The number of thiol groups is 1. The third-order valence-electron chi connectivity index (χ3n) is 14.5. The van der Waals surface area contributed by atoms with Crippen LogP contribution in [0.5, 0.6) is 0 Å². The number of hydrogen-bond acceptors (Lipinski definition) is 5. The van der Waals surface area contributed by atoms with E-state index in [4.69, 9.17) is 14.2 Å². The van der Waals surface area contributed by atoms with E-state index < -0.39 is 6.29 Å². The third-order valence-corrected chi connectivity index (χ3v) is 25.8. The molecule has 242 valence electrons. The van der Waals surface area contributed by atoms with Gasteiger partial charge >= 0.3 is 315 Å². The Bertz CT molecular complexity index is 1020. The minimum absolute atomic E-state index is 0.120. The normalized spacial score (nSPS) is 61.3. The van der Waals surface area contributed by atoms with E-state index in [1.54, 1.807) is 0 Å². The summed E-state index contributed by atoms with van der Waals surface area (Å²) in [6.45, 7) is 13.9. The Balaban J connectivity index is 1.40. The second-order valence-electron chi connectivity index (χ2n) is 15.9. The summed E-state index contributed by atoms with van der Waals surface area (Å²) < 4.78 is 23.3. The number of hydrogen-bond donors (Lipinski definition) is 2. The summed E-state index contributed by atoms with van der Waals surface area (Å²) in [5, 5.41) is 12.0. The molecular weight excluding hydrogens is 1000 g/mol. The van der Waals surface area contributed by atoms with Gasteiger partial charge in [-0.2, -0.15) is 0 Å². The maximum absolute atomic E-state index is 12.0. The van der Waals surface area contributed by atoms with Gasteiger partial charge in [-0.15, -0.1) is 0 Å². The average molecular weight is 1050 g/mol. The van der Waals surface area contributed by atoms with E-state index in [9.17, 15) is 5.11 Å². The molecule has 4 saturated heterocycles. The number of alkyl halides is 5. The molecule has 4 heterocycles. The van der Waals surface area contributed by atoms with Crippen LogP contribution < -0.4 is 21.2 Å². The molecule has 4 bridgehead atoms. The summed E-state index contributed by atoms with van der Waals surface area (Å²) in [6, 6.07) is 0. The van der Waals surface area contributed by atoms with Crippen LogP contribution in [0.15, 0.2) is 0 Å². The first kappa shape index (κ1) is 33.6. The van der Waals surface area contributed by atoms with E-state index in [1.807, 2.05) is 0 Å². The number of fused-ring (bicyclic) bond motifs is 9. The van der Waals surface area contributed by atoms with E-state index in [0.29, 0.717) is 62.2 Å². The van der Waals surface area contributed by atoms with E-state index in [1.165, 1.54) is 19.3 Å². The van der Waals surface area contributed by atoms with Gasteiger partial charge in [0.15, 0.2) is 0 Å². The second-order valence-corrected chi connectivity index (χ2v) is 24.6. The fourth-order valence-electron chi connectivity index (χ4n) is 11.8. The Kier molecular flexibility index (Phi) is 9.97. The topological polar surface area (TPSA) is 47.9 Å². The van der Waals surface area contributed by atoms with Crippen molar-refractivity contribution in [1.29, 1.82) is 0 Å². The monoisotopic (exact) mass is 1050 g/mol. The van der Waals surface area contributed by atoms with E-state index in [-0.39, 0.29) is 38.8 Å². The summed E-state index contributed by atoms with van der Waals surface area (Å²) in [7, 11) is 0. The van der Waals surface area contributed by atoms with E-state index in [2.05, 4.69) is 115 Å². The van der Waals surface area contributed by atoms with Crippen LogP contribution in [-0.2, 0) is 14.2 Å². The molecule has 7 aliphatic rings. The molecule has 0 aromatic carbocycles. The van der Waals surface area contributed by atoms with Gasteiger partial charge in [-0.25, -0.2) is 0 Å². The van der Waals surface area contributed by atoms with Crippen LogP contribution in [0.25, 0.3) is 0 Å². The van der Waals surface area contributed by atoms with Crippen LogP contribution in [0, 0.1) is 70.0 Å². The molecule has 20 atom stereocenters. The standard InChI is InChI=1S/C33H51I4O4S/c1-14(6-7-42)32(4)11-21-25-24(28-29(41-13-40-28)27(36)26(25)35)19(12-39-31(32)38)20-10-18-8-17-9-22(34)15(2)16(3)23(17)30(37-18)33(20,21)5/h14-31,38,42H,6-13H2,1-5H3/q-1/t14?,15?,16?,17-,18?,19-,20?,21-,22?,23?,24-,25?,26?,27?,28?,29?,30?,31?,32?,33+/m1/s1. The predicted molar refractivity (Wildman–Crippen MR) is 193 cm³/mol. The van der Waals surface area contributed by atoms with Gasteiger partial charge in [0, 0.05) is 0 Å². The van der Waals surface area contributed by atoms with Crippen molar-refractivity contribution in [2.24, 2.45) is 70.0 Å². The van der Waals surface area contributed by atoms with E-state index in [0.717, 1.165) is 54.0 Å². The number of ether oxygens (including phenoxy) is 3. The molecule has 3 saturated carbocycles. The molecule has 0 aromatic rings. The number of aliphatic hydroxyl groups is 1. The quantitative estimate of drug-likeness (QED) is 0.249. The molecule has 0 radical (unpaired) electrons. The van der Waals surface area contributed by atoms with Crippen LogP contribution in [0.4, 0.5) is 0 Å². The molecule has 4 nitrogen and oxygen atoms in total. The zero-order valence-corrected chi connectivity index (χ0v) is 35.2.